The van der Waals surface area contributed by atoms with Gasteiger partial charge in [0.1, 0.15) is 6.29 Å². The summed E-state index contributed by atoms with van der Waals surface area (Å²) in [7, 11) is 1.59. The standard InChI is InChI=1S/C19H33N3O2/c1-6-8-10-18(24)22(5)17(15-23)13-16(20)14-21-12-9-11-19(3,4)7-2/h6,8,10,14-15,17,21H,1,7,9,11-13,20H2,2-5H3/b10-8-,16-14-. The first kappa shape index (κ1) is 22.0. The number of carbonyl (C=O) groups is 2. The van der Waals surface area contributed by atoms with Crippen LogP contribution in [0.1, 0.15) is 46.5 Å². The third kappa shape index (κ3) is 9.18. The van der Waals surface area contributed by atoms with Gasteiger partial charge in [0, 0.05) is 38.0 Å². The Kier molecular flexibility index (Phi) is 10.5. The number of aldehydes is 1. The molecule has 0 saturated carbocycles. The van der Waals surface area contributed by atoms with Crippen LogP contribution in [0.5, 0.6) is 0 Å². The van der Waals surface area contributed by atoms with Gasteiger partial charge in [-0.2, -0.15) is 0 Å². The molecule has 0 aliphatic carbocycles. The average molecular weight is 335 g/mol. The molecule has 0 aromatic carbocycles. The summed E-state index contributed by atoms with van der Waals surface area (Å²) in [6.07, 6.45) is 10.6. The number of hydrogen-bond acceptors (Lipinski definition) is 4. The molecule has 0 aromatic heterocycles. The van der Waals surface area contributed by atoms with Crippen molar-refractivity contribution in [1.82, 2.24) is 10.2 Å². The number of likely N-dealkylation sites (N-methyl/N-ethyl adjacent to an activating group) is 1. The van der Waals surface area contributed by atoms with Gasteiger partial charge in [-0.1, -0.05) is 45.9 Å². The van der Waals surface area contributed by atoms with Crippen LogP contribution in [0.3, 0.4) is 0 Å². The van der Waals surface area contributed by atoms with Crippen LogP contribution >= 0.6 is 0 Å². The Morgan fingerprint density at radius 2 is 2.08 bits per heavy atom. The van der Waals surface area contributed by atoms with E-state index in [4.69, 9.17) is 5.73 Å². The fraction of sp³-hybridized carbons (Fsp3) is 0.579. The molecular formula is C19H33N3O2. The molecule has 0 bridgehead atoms. The molecule has 0 aliphatic heterocycles. The van der Waals surface area contributed by atoms with E-state index in [9.17, 15) is 9.59 Å². The van der Waals surface area contributed by atoms with Gasteiger partial charge in [-0.25, -0.2) is 0 Å². The van der Waals surface area contributed by atoms with E-state index in [1.54, 1.807) is 19.3 Å². The Labute approximate surface area is 146 Å². The Hall–Kier alpha value is -2.04. The predicted octanol–water partition coefficient (Wildman–Crippen LogP) is 2.75. The van der Waals surface area contributed by atoms with Crippen molar-refractivity contribution in [2.24, 2.45) is 11.1 Å². The number of allylic oxidation sites excluding steroid dienone is 2. The Morgan fingerprint density at radius 3 is 2.62 bits per heavy atom. The lowest BCUT2D eigenvalue weighted by Gasteiger charge is -2.23. The number of amides is 1. The monoisotopic (exact) mass is 335 g/mol. The maximum absolute atomic E-state index is 11.9. The summed E-state index contributed by atoms with van der Waals surface area (Å²) in [6, 6.07) is -0.580. The zero-order valence-electron chi connectivity index (χ0n) is 15.5. The first-order chi connectivity index (χ1) is 11.3. The zero-order chi connectivity index (χ0) is 18.6. The number of nitrogens with zero attached hydrogens (tertiary/aromatic N) is 1. The predicted molar refractivity (Wildman–Crippen MR) is 100 cm³/mol. The molecule has 0 radical (unpaired) electrons. The number of rotatable bonds is 12. The van der Waals surface area contributed by atoms with Crippen molar-refractivity contribution in [3.05, 3.63) is 36.7 Å². The van der Waals surface area contributed by atoms with Crippen LogP contribution in [0.4, 0.5) is 0 Å². The van der Waals surface area contributed by atoms with Gasteiger partial charge >= 0.3 is 0 Å². The average Bonchev–Trinajstić information content (AvgIpc) is 2.56. The molecule has 0 aromatic rings. The molecule has 0 rings (SSSR count). The van der Waals surface area contributed by atoms with E-state index in [1.165, 1.54) is 17.1 Å². The molecule has 0 heterocycles. The van der Waals surface area contributed by atoms with E-state index in [0.717, 1.165) is 32.1 Å². The number of carbonyl (C=O) groups excluding carboxylic acids is 2. The van der Waals surface area contributed by atoms with Crippen molar-refractivity contribution < 1.29 is 9.59 Å². The Bertz CT molecular complexity index is 467. The first-order valence-corrected chi connectivity index (χ1v) is 8.46. The maximum atomic E-state index is 11.9. The van der Waals surface area contributed by atoms with E-state index < -0.39 is 6.04 Å². The largest absolute Gasteiger partial charge is 0.401 e. The minimum Gasteiger partial charge on any atom is -0.401 e. The molecule has 24 heavy (non-hydrogen) atoms. The molecule has 5 heteroatoms. The van der Waals surface area contributed by atoms with Gasteiger partial charge in [0.2, 0.25) is 5.91 Å². The van der Waals surface area contributed by atoms with Crippen molar-refractivity contribution in [2.75, 3.05) is 13.6 Å². The molecule has 5 nitrogen and oxygen atoms in total. The molecule has 0 fully saturated rings. The number of nitrogens with one attached hydrogen (secondary N) is 1. The second-order valence-corrected chi connectivity index (χ2v) is 6.75. The SMILES string of the molecule is C=C/C=C\C(=O)N(C)C(C=O)C/C(N)=C/NCCCC(C)(C)CC. The minimum atomic E-state index is -0.580. The van der Waals surface area contributed by atoms with E-state index in [1.807, 2.05) is 0 Å². The summed E-state index contributed by atoms with van der Waals surface area (Å²) in [5.74, 6) is -0.255. The van der Waals surface area contributed by atoms with Crippen LogP contribution in [0.2, 0.25) is 0 Å². The van der Waals surface area contributed by atoms with Gasteiger partial charge in [0.05, 0.1) is 6.04 Å². The van der Waals surface area contributed by atoms with Gasteiger partial charge in [-0.15, -0.1) is 0 Å². The maximum Gasteiger partial charge on any atom is 0.246 e. The lowest BCUT2D eigenvalue weighted by atomic mass is 9.85. The highest BCUT2D eigenvalue weighted by Gasteiger charge is 2.18. The highest BCUT2D eigenvalue weighted by atomic mass is 16.2. The summed E-state index contributed by atoms with van der Waals surface area (Å²) in [6.45, 7) is 11.1. The summed E-state index contributed by atoms with van der Waals surface area (Å²) in [5, 5.41) is 3.18. The Balaban J connectivity index is 4.36. The van der Waals surface area contributed by atoms with E-state index >= 15 is 0 Å². The van der Waals surface area contributed by atoms with Crippen LogP contribution in [0.25, 0.3) is 0 Å². The summed E-state index contributed by atoms with van der Waals surface area (Å²) < 4.78 is 0. The topological polar surface area (TPSA) is 75.4 Å². The van der Waals surface area contributed by atoms with Crippen molar-refractivity contribution in [3.8, 4) is 0 Å². The van der Waals surface area contributed by atoms with Crippen LogP contribution in [0, 0.1) is 5.41 Å². The quantitative estimate of drug-likeness (QED) is 0.249. The zero-order valence-corrected chi connectivity index (χ0v) is 15.5. The van der Waals surface area contributed by atoms with E-state index in [0.29, 0.717) is 17.5 Å². The molecule has 0 saturated heterocycles. The number of hydrogen-bond donors (Lipinski definition) is 2. The second kappa shape index (κ2) is 11.5. The lowest BCUT2D eigenvalue weighted by Crippen LogP contribution is -2.38. The summed E-state index contributed by atoms with van der Waals surface area (Å²) in [4.78, 5) is 24.5. The smallest absolute Gasteiger partial charge is 0.246 e. The van der Waals surface area contributed by atoms with Gasteiger partial charge in [0.15, 0.2) is 0 Å². The van der Waals surface area contributed by atoms with E-state index in [2.05, 4.69) is 32.7 Å². The molecule has 1 amide bonds. The molecule has 1 unspecified atom stereocenters. The third-order valence-electron chi connectivity index (χ3n) is 4.24. The van der Waals surface area contributed by atoms with Crippen LogP contribution in [-0.4, -0.2) is 36.7 Å². The first-order valence-electron chi connectivity index (χ1n) is 8.46. The molecule has 0 spiro atoms. The highest BCUT2D eigenvalue weighted by molar-refractivity contribution is 5.89. The fourth-order valence-electron chi connectivity index (χ4n) is 2.06. The van der Waals surface area contributed by atoms with Crippen molar-refractivity contribution >= 4 is 12.2 Å². The van der Waals surface area contributed by atoms with Crippen LogP contribution in [0.15, 0.2) is 36.7 Å². The van der Waals surface area contributed by atoms with Crippen molar-refractivity contribution in [1.29, 1.82) is 0 Å². The molecular weight excluding hydrogens is 302 g/mol. The molecule has 136 valence electrons. The summed E-state index contributed by atoms with van der Waals surface area (Å²) in [5.41, 5.74) is 6.86. The van der Waals surface area contributed by atoms with Gasteiger partial charge < -0.3 is 20.7 Å². The van der Waals surface area contributed by atoms with Gasteiger partial charge in [-0.05, 0) is 18.3 Å². The normalized spacial score (nSPS) is 13.6. The van der Waals surface area contributed by atoms with Gasteiger partial charge in [0.25, 0.3) is 0 Å². The van der Waals surface area contributed by atoms with Gasteiger partial charge in [-0.3, -0.25) is 4.79 Å². The lowest BCUT2D eigenvalue weighted by molar-refractivity contribution is -0.130. The second-order valence-electron chi connectivity index (χ2n) is 6.75. The molecule has 1 atom stereocenters. The molecule has 3 N–H and O–H groups in total. The molecule has 0 aliphatic rings. The number of nitrogens with two attached hydrogens (primary N) is 1. The highest BCUT2D eigenvalue weighted by Crippen LogP contribution is 2.25. The van der Waals surface area contributed by atoms with Crippen LogP contribution < -0.4 is 11.1 Å². The van der Waals surface area contributed by atoms with E-state index in [-0.39, 0.29) is 5.91 Å². The van der Waals surface area contributed by atoms with Crippen molar-refractivity contribution in [3.63, 3.8) is 0 Å². The minimum absolute atomic E-state index is 0.255. The summed E-state index contributed by atoms with van der Waals surface area (Å²) >= 11 is 0. The van der Waals surface area contributed by atoms with Crippen molar-refractivity contribution in [2.45, 2.75) is 52.5 Å². The fourth-order valence-corrected chi connectivity index (χ4v) is 2.06. The van der Waals surface area contributed by atoms with Crippen LogP contribution in [-0.2, 0) is 9.59 Å². The third-order valence-corrected chi connectivity index (χ3v) is 4.24. The Morgan fingerprint density at radius 1 is 1.42 bits per heavy atom.